The number of nitriles is 1. The summed E-state index contributed by atoms with van der Waals surface area (Å²) in [6.07, 6.45) is 4.93. The molecule has 4 nitrogen and oxygen atoms in total. The molecule has 0 spiro atoms. The molecule has 1 fully saturated rings. The first-order valence-corrected chi connectivity index (χ1v) is 8.58. The molecule has 5 heteroatoms. The average Bonchev–Trinajstić information content (AvgIpc) is 2.40. The smallest absolute Gasteiger partial charge is 0.180 e. The fourth-order valence-electron chi connectivity index (χ4n) is 2.16. The molecule has 0 saturated heterocycles. The van der Waals surface area contributed by atoms with Crippen LogP contribution in [-0.4, -0.2) is 27.4 Å². The maximum Gasteiger partial charge on any atom is 0.180 e. The molecule has 108 valence electrons. The SMILES string of the molecule is N#Cc1ccc(S(=O)(=O)CCOCCC2CCC2)cc1. The molecule has 0 heterocycles. The lowest BCUT2D eigenvalue weighted by Crippen LogP contribution is -2.16. The number of hydrogen-bond donors (Lipinski definition) is 0. The van der Waals surface area contributed by atoms with Crippen molar-refractivity contribution in [3.8, 4) is 6.07 Å². The van der Waals surface area contributed by atoms with Crippen molar-refractivity contribution in [2.45, 2.75) is 30.6 Å². The van der Waals surface area contributed by atoms with Gasteiger partial charge in [0, 0.05) is 6.61 Å². The summed E-state index contributed by atoms with van der Waals surface area (Å²) in [4.78, 5) is 0.249. The standard InChI is InChI=1S/C15H19NO3S/c16-12-14-4-6-15(7-5-14)20(17,18)11-10-19-9-8-13-2-1-3-13/h4-7,13H,1-3,8-11H2. The maximum atomic E-state index is 12.0. The number of ether oxygens (including phenoxy) is 1. The second kappa shape index (κ2) is 6.87. The third-order valence-electron chi connectivity index (χ3n) is 3.73. The summed E-state index contributed by atoms with van der Waals surface area (Å²) in [5.41, 5.74) is 0.459. The molecular weight excluding hydrogens is 274 g/mol. The molecule has 0 unspecified atom stereocenters. The Morgan fingerprint density at radius 2 is 1.90 bits per heavy atom. The van der Waals surface area contributed by atoms with Crippen LogP contribution in [0.3, 0.4) is 0 Å². The maximum absolute atomic E-state index is 12.0. The van der Waals surface area contributed by atoms with E-state index in [0.29, 0.717) is 12.2 Å². The molecule has 20 heavy (non-hydrogen) atoms. The van der Waals surface area contributed by atoms with Crippen LogP contribution in [0, 0.1) is 17.2 Å². The molecule has 0 N–H and O–H groups in total. The van der Waals surface area contributed by atoms with Gasteiger partial charge in [-0.3, -0.25) is 0 Å². The first kappa shape index (κ1) is 15.0. The Hall–Kier alpha value is -1.38. The molecular formula is C15H19NO3S. The van der Waals surface area contributed by atoms with Crippen LogP contribution < -0.4 is 0 Å². The molecule has 0 atom stereocenters. The van der Waals surface area contributed by atoms with Gasteiger partial charge in [0.1, 0.15) is 0 Å². The van der Waals surface area contributed by atoms with Crippen molar-refractivity contribution in [2.75, 3.05) is 19.0 Å². The molecule has 1 aliphatic rings. The van der Waals surface area contributed by atoms with Gasteiger partial charge in [-0.25, -0.2) is 8.42 Å². The zero-order valence-electron chi connectivity index (χ0n) is 11.4. The van der Waals surface area contributed by atoms with Gasteiger partial charge < -0.3 is 4.74 Å². The van der Waals surface area contributed by atoms with Gasteiger partial charge in [0.2, 0.25) is 0 Å². The first-order chi connectivity index (χ1) is 9.62. The number of nitrogens with zero attached hydrogens (tertiary/aromatic N) is 1. The Labute approximate surface area is 120 Å². The quantitative estimate of drug-likeness (QED) is 0.725. The lowest BCUT2D eigenvalue weighted by Gasteiger charge is -2.24. The monoisotopic (exact) mass is 293 g/mol. The first-order valence-electron chi connectivity index (χ1n) is 6.92. The minimum absolute atomic E-state index is 0.0104. The van der Waals surface area contributed by atoms with Crippen LogP contribution in [0.25, 0.3) is 0 Å². The molecule has 0 aromatic heterocycles. The van der Waals surface area contributed by atoms with Gasteiger partial charge in [-0.15, -0.1) is 0 Å². The number of hydrogen-bond acceptors (Lipinski definition) is 4. The Morgan fingerprint density at radius 3 is 2.45 bits per heavy atom. The summed E-state index contributed by atoms with van der Waals surface area (Å²) in [5.74, 6) is 0.772. The van der Waals surface area contributed by atoms with E-state index < -0.39 is 9.84 Å². The van der Waals surface area contributed by atoms with E-state index in [0.717, 1.165) is 12.3 Å². The average molecular weight is 293 g/mol. The fourth-order valence-corrected chi connectivity index (χ4v) is 3.28. The van der Waals surface area contributed by atoms with Gasteiger partial charge in [-0.05, 0) is 36.6 Å². The summed E-state index contributed by atoms with van der Waals surface area (Å²) in [7, 11) is -3.31. The van der Waals surface area contributed by atoms with Gasteiger partial charge in [-0.2, -0.15) is 5.26 Å². The lowest BCUT2D eigenvalue weighted by molar-refractivity contribution is 0.118. The number of benzene rings is 1. The zero-order valence-corrected chi connectivity index (χ0v) is 12.2. The second-order valence-electron chi connectivity index (χ2n) is 5.15. The van der Waals surface area contributed by atoms with Crippen molar-refractivity contribution in [2.24, 2.45) is 5.92 Å². The van der Waals surface area contributed by atoms with Gasteiger partial charge in [0.05, 0.1) is 28.9 Å². The van der Waals surface area contributed by atoms with E-state index in [1.807, 2.05) is 6.07 Å². The summed E-state index contributed by atoms with van der Waals surface area (Å²) >= 11 is 0. The third kappa shape index (κ3) is 4.06. The van der Waals surface area contributed by atoms with Crippen LogP contribution in [-0.2, 0) is 14.6 Å². The zero-order chi connectivity index (χ0) is 14.4. The predicted octanol–water partition coefficient (Wildman–Crippen LogP) is 2.54. The minimum Gasteiger partial charge on any atom is -0.380 e. The van der Waals surface area contributed by atoms with Crippen LogP contribution in [0.1, 0.15) is 31.2 Å². The van der Waals surface area contributed by atoms with Crippen LogP contribution in [0.2, 0.25) is 0 Å². The molecule has 0 amide bonds. The molecule has 0 bridgehead atoms. The highest BCUT2D eigenvalue weighted by atomic mass is 32.2. The van der Waals surface area contributed by atoms with Crippen LogP contribution >= 0.6 is 0 Å². The minimum atomic E-state index is -3.31. The topological polar surface area (TPSA) is 67.2 Å². The van der Waals surface area contributed by atoms with Crippen molar-refractivity contribution in [3.63, 3.8) is 0 Å². The summed E-state index contributed by atoms with van der Waals surface area (Å²) in [6, 6.07) is 7.95. The van der Waals surface area contributed by atoms with Crippen molar-refractivity contribution < 1.29 is 13.2 Å². The highest BCUT2D eigenvalue weighted by Gasteiger charge is 2.17. The summed E-state index contributed by atoms with van der Waals surface area (Å²) < 4.78 is 29.5. The van der Waals surface area contributed by atoms with E-state index in [1.165, 1.54) is 43.5 Å². The Morgan fingerprint density at radius 1 is 1.20 bits per heavy atom. The van der Waals surface area contributed by atoms with Crippen LogP contribution in [0.4, 0.5) is 0 Å². The van der Waals surface area contributed by atoms with Crippen LogP contribution in [0.15, 0.2) is 29.2 Å². The predicted molar refractivity (Wildman–Crippen MR) is 76.0 cm³/mol. The Kier molecular flexibility index (Phi) is 5.16. The van der Waals surface area contributed by atoms with E-state index >= 15 is 0 Å². The van der Waals surface area contributed by atoms with Crippen LogP contribution in [0.5, 0.6) is 0 Å². The van der Waals surface area contributed by atoms with E-state index in [-0.39, 0.29) is 17.3 Å². The Balaban J connectivity index is 1.76. The van der Waals surface area contributed by atoms with E-state index in [4.69, 9.17) is 10.00 Å². The summed E-state index contributed by atoms with van der Waals surface area (Å²) in [6.45, 7) is 0.878. The fraction of sp³-hybridized carbons (Fsp3) is 0.533. The Bertz CT molecular complexity index is 568. The van der Waals surface area contributed by atoms with E-state index in [2.05, 4.69) is 0 Å². The normalized spacial score (nSPS) is 15.6. The largest absolute Gasteiger partial charge is 0.380 e. The highest BCUT2D eigenvalue weighted by molar-refractivity contribution is 7.91. The molecule has 2 rings (SSSR count). The van der Waals surface area contributed by atoms with Crippen molar-refractivity contribution in [1.29, 1.82) is 5.26 Å². The van der Waals surface area contributed by atoms with Crippen molar-refractivity contribution in [3.05, 3.63) is 29.8 Å². The number of rotatable bonds is 7. The summed E-state index contributed by atoms with van der Waals surface area (Å²) in [5, 5.41) is 8.68. The van der Waals surface area contributed by atoms with Gasteiger partial charge >= 0.3 is 0 Å². The molecule has 1 aromatic rings. The third-order valence-corrected chi connectivity index (χ3v) is 5.43. The molecule has 1 saturated carbocycles. The highest BCUT2D eigenvalue weighted by Crippen LogP contribution is 2.29. The molecule has 0 radical (unpaired) electrons. The second-order valence-corrected chi connectivity index (χ2v) is 7.26. The van der Waals surface area contributed by atoms with Gasteiger partial charge in [0.15, 0.2) is 9.84 Å². The van der Waals surface area contributed by atoms with E-state index in [1.54, 1.807) is 0 Å². The van der Waals surface area contributed by atoms with Crippen molar-refractivity contribution >= 4 is 9.84 Å². The van der Waals surface area contributed by atoms with Gasteiger partial charge in [-0.1, -0.05) is 19.3 Å². The molecule has 0 aliphatic heterocycles. The van der Waals surface area contributed by atoms with Gasteiger partial charge in [0.25, 0.3) is 0 Å². The lowest BCUT2D eigenvalue weighted by atomic mass is 9.83. The van der Waals surface area contributed by atoms with E-state index in [9.17, 15) is 8.42 Å². The number of sulfone groups is 1. The molecule has 1 aromatic carbocycles. The molecule has 1 aliphatic carbocycles. The van der Waals surface area contributed by atoms with Crippen molar-refractivity contribution in [1.82, 2.24) is 0 Å².